The lowest BCUT2D eigenvalue weighted by molar-refractivity contribution is -0.162. The van der Waals surface area contributed by atoms with Crippen molar-refractivity contribution in [2.45, 2.75) is 97.7 Å². The molecule has 0 aliphatic heterocycles. The lowest BCUT2D eigenvalue weighted by atomic mass is 10.1. The van der Waals surface area contributed by atoms with Crippen LogP contribution in [0.15, 0.2) is 11.6 Å². The predicted octanol–water partition coefficient (Wildman–Crippen LogP) is 5.13. The predicted molar refractivity (Wildman–Crippen MR) is 88.0 cm³/mol. The van der Waals surface area contributed by atoms with Gasteiger partial charge in [-0.25, -0.2) is 4.79 Å². The van der Waals surface area contributed by atoms with Crippen LogP contribution in [0.3, 0.4) is 0 Å². The van der Waals surface area contributed by atoms with Gasteiger partial charge in [0.2, 0.25) is 6.29 Å². The van der Waals surface area contributed by atoms with Gasteiger partial charge in [0.05, 0.1) is 0 Å². The number of esters is 1. The molecular formula is C18H34O3. The van der Waals surface area contributed by atoms with Crippen LogP contribution in [0.1, 0.15) is 91.4 Å². The van der Waals surface area contributed by atoms with Crippen molar-refractivity contribution in [3.8, 4) is 0 Å². The molecule has 0 fully saturated rings. The number of rotatable bonds is 13. The highest BCUT2D eigenvalue weighted by Gasteiger charge is 2.08. The summed E-state index contributed by atoms with van der Waals surface area (Å²) in [5.41, 5.74) is 0.881. The molecule has 0 aromatic carbocycles. The summed E-state index contributed by atoms with van der Waals surface area (Å²) in [5.74, 6) is -0.449. The highest BCUT2D eigenvalue weighted by atomic mass is 16.6. The average Bonchev–Trinajstić information content (AvgIpc) is 2.39. The molecule has 0 amide bonds. The van der Waals surface area contributed by atoms with Gasteiger partial charge in [0.25, 0.3) is 0 Å². The zero-order valence-corrected chi connectivity index (χ0v) is 14.2. The van der Waals surface area contributed by atoms with E-state index < -0.39 is 12.3 Å². The van der Waals surface area contributed by atoms with Gasteiger partial charge in [-0.2, -0.15) is 0 Å². The summed E-state index contributed by atoms with van der Waals surface area (Å²) < 4.78 is 4.88. The Balaban J connectivity index is 3.34. The van der Waals surface area contributed by atoms with Crippen molar-refractivity contribution < 1.29 is 14.6 Å². The van der Waals surface area contributed by atoms with E-state index >= 15 is 0 Å². The van der Waals surface area contributed by atoms with Gasteiger partial charge in [0.15, 0.2) is 0 Å². The molecule has 3 nitrogen and oxygen atoms in total. The quantitative estimate of drug-likeness (QED) is 0.222. The number of hydrogen-bond donors (Lipinski definition) is 1. The second-order valence-electron chi connectivity index (χ2n) is 6.08. The Morgan fingerprint density at radius 1 is 0.952 bits per heavy atom. The third-order valence-electron chi connectivity index (χ3n) is 3.46. The molecule has 1 unspecified atom stereocenters. The second kappa shape index (κ2) is 14.1. The van der Waals surface area contributed by atoms with Crippen LogP contribution in [0.5, 0.6) is 0 Å². The summed E-state index contributed by atoms with van der Waals surface area (Å²) in [5, 5.41) is 9.58. The van der Waals surface area contributed by atoms with Crippen LogP contribution in [-0.4, -0.2) is 17.4 Å². The molecule has 1 atom stereocenters. The first-order valence-electron chi connectivity index (χ1n) is 8.59. The SMILES string of the molecule is CCCCCCCCCCCCC(O)OC(=O)C=C(C)C. The number of aliphatic hydroxyl groups excluding tert-OH is 1. The van der Waals surface area contributed by atoms with Crippen LogP contribution in [0.4, 0.5) is 0 Å². The van der Waals surface area contributed by atoms with Gasteiger partial charge >= 0.3 is 5.97 Å². The minimum absolute atomic E-state index is 0.449. The molecule has 0 saturated carbocycles. The fourth-order valence-electron chi connectivity index (χ4n) is 2.27. The zero-order chi connectivity index (χ0) is 15.9. The number of unbranched alkanes of at least 4 members (excludes halogenated alkanes) is 9. The standard InChI is InChI=1S/C18H34O3/c1-4-5-6-7-8-9-10-11-12-13-14-17(19)21-18(20)15-16(2)3/h15,17,19H,4-14H2,1-3H3. The molecule has 0 heterocycles. The molecule has 21 heavy (non-hydrogen) atoms. The third-order valence-corrected chi connectivity index (χ3v) is 3.46. The molecule has 124 valence electrons. The van der Waals surface area contributed by atoms with Gasteiger partial charge in [-0.05, 0) is 20.3 Å². The Labute approximate surface area is 130 Å². The van der Waals surface area contributed by atoms with Crippen LogP contribution < -0.4 is 0 Å². The molecular weight excluding hydrogens is 264 g/mol. The van der Waals surface area contributed by atoms with Gasteiger partial charge < -0.3 is 9.84 Å². The van der Waals surface area contributed by atoms with Crippen molar-refractivity contribution in [3.63, 3.8) is 0 Å². The maximum atomic E-state index is 11.3. The number of hydrogen-bond acceptors (Lipinski definition) is 3. The van der Waals surface area contributed by atoms with Crippen molar-refractivity contribution in [1.82, 2.24) is 0 Å². The van der Waals surface area contributed by atoms with Gasteiger partial charge in [0.1, 0.15) is 0 Å². The second-order valence-corrected chi connectivity index (χ2v) is 6.08. The van der Waals surface area contributed by atoms with Gasteiger partial charge in [-0.15, -0.1) is 0 Å². The Kier molecular flexibility index (Phi) is 13.6. The minimum atomic E-state index is -0.956. The smallest absolute Gasteiger partial charge is 0.332 e. The molecule has 0 saturated heterocycles. The normalized spacial score (nSPS) is 12.0. The van der Waals surface area contributed by atoms with E-state index in [1.807, 2.05) is 13.8 Å². The highest BCUT2D eigenvalue weighted by molar-refractivity contribution is 5.82. The summed E-state index contributed by atoms with van der Waals surface area (Å²) >= 11 is 0. The summed E-state index contributed by atoms with van der Waals surface area (Å²) in [6.07, 6.45) is 13.6. The summed E-state index contributed by atoms with van der Waals surface area (Å²) in [4.78, 5) is 11.3. The van der Waals surface area contributed by atoms with Crippen LogP contribution in [0.2, 0.25) is 0 Å². The van der Waals surface area contributed by atoms with Crippen molar-refractivity contribution in [1.29, 1.82) is 0 Å². The number of carbonyl (C=O) groups is 1. The number of aliphatic hydroxyl groups is 1. The summed E-state index contributed by atoms with van der Waals surface area (Å²) in [6, 6.07) is 0. The van der Waals surface area contributed by atoms with Gasteiger partial charge in [-0.1, -0.05) is 70.3 Å². The van der Waals surface area contributed by atoms with Crippen LogP contribution >= 0.6 is 0 Å². The van der Waals surface area contributed by atoms with E-state index in [1.54, 1.807) is 0 Å². The van der Waals surface area contributed by atoms with E-state index in [9.17, 15) is 9.90 Å². The largest absolute Gasteiger partial charge is 0.433 e. The average molecular weight is 298 g/mol. The Hall–Kier alpha value is -0.830. The molecule has 0 aromatic rings. The molecule has 0 aliphatic carbocycles. The van der Waals surface area contributed by atoms with Crippen LogP contribution in [0.25, 0.3) is 0 Å². The van der Waals surface area contributed by atoms with Gasteiger partial charge in [0, 0.05) is 12.5 Å². The Bertz CT molecular complexity index is 280. The first-order valence-corrected chi connectivity index (χ1v) is 8.59. The Morgan fingerprint density at radius 3 is 1.90 bits per heavy atom. The molecule has 1 N–H and O–H groups in total. The van der Waals surface area contributed by atoms with E-state index in [4.69, 9.17) is 4.74 Å². The van der Waals surface area contributed by atoms with Crippen molar-refractivity contribution in [2.75, 3.05) is 0 Å². The maximum Gasteiger partial charge on any atom is 0.332 e. The minimum Gasteiger partial charge on any atom is -0.433 e. The number of ether oxygens (including phenoxy) is 1. The summed E-state index contributed by atoms with van der Waals surface area (Å²) in [7, 11) is 0. The lowest BCUT2D eigenvalue weighted by Crippen LogP contribution is -2.16. The van der Waals surface area contributed by atoms with E-state index in [1.165, 1.54) is 57.4 Å². The molecule has 0 rings (SSSR count). The van der Waals surface area contributed by atoms with Crippen molar-refractivity contribution >= 4 is 5.97 Å². The fraction of sp³-hybridized carbons (Fsp3) is 0.833. The van der Waals surface area contributed by atoms with Gasteiger partial charge in [-0.3, -0.25) is 0 Å². The monoisotopic (exact) mass is 298 g/mol. The summed E-state index contributed by atoms with van der Waals surface area (Å²) in [6.45, 7) is 5.90. The lowest BCUT2D eigenvalue weighted by Gasteiger charge is -2.10. The molecule has 0 radical (unpaired) electrons. The molecule has 0 bridgehead atoms. The molecule has 3 heteroatoms. The van der Waals surface area contributed by atoms with E-state index in [0.29, 0.717) is 6.42 Å². The molecule has 0 spiro atoms. The van der Waals surface area contributed by atoms with Crippen molar-refractivity contribution in [3.05, 3.63) is 11.6 Å². The Morgan fingerprint density at radius 2 is 1.43 bits per heavy atom. The first kappa shape index (κ1) is 20.2. The number of allylic oxidation sites excluding steroid dienone is 1. The van der Waals surface area contributed by atoms with Crippen LogP contribution in [0, 0.1) is 0 Å². The van der Waals surface area contributed by atoms with E-state index in [2.05, 4.69) is 6.92 Å². The fourth-order valence-corrected chi connectivity index (χ4v) is 2.27. The van der Waals surface area contributed by atoms with E-state index in [-0.39, 0.29) is 0 Å². The maximum absolute atomic E-state index is 11.3. The topological polar surface area (TPSA) is 46.5 Å². The first-order chi connectivity index (χ1) is 10.1. The molecule has 0 aromatic heterocycles. The molecule has 0 aliphatic rings. The highest BCUT2D eigenvalue weighted by Crippen LogP contribution is 2.12. The number of carbonyl (C=O) groups excluding carboxylic acids is 1. The van der Waals surface area contributed by atoms with Crippen molar-refractivity contribution in [2.24, 2.45) is 0 Å². The zero-order valence-electron chi connectivity index (χ0n) is 14.2. The van der Waals surface area contributed by atoms with E-state index in [0.717, 1.165) is 18.4 Å². The van der Waals surface area contributed by atoms with Crippen LogP contribution in [-0.2, 0) is 9.53 Å². The third kappa shape index (κ3) is 15.4.